The fourth-order valence-electron chi connectivity index (χ4n) is 1.84. The van der Waals surface area contributed by atoms with Crippen LogP contribution in [0.1, 0.15) is 16.7 Å². The van der Waals surface area contributed by atoms with Crippen LogP contribution in [0.15, 0.2) is 40.9 Å². The minimum absolute atomic E-state index is 0.120. The third-order valence-corrected chi connectivity index (χ3v) is 3.62. The third-order valence-electron chi connectivity index (χ3n) is 3.00. The Kier molecular flexibility index (Phi) is 5.02. The van der Waals surface area contributed by atoms with Crippen LogP contribution in [0.3, 0.4) is 0 Å². The van der Waals surface area contributed by atoms with Crippen molar-refractivity contribution in [1.82, 2.24) is 0 Å². The fraction of sp³-hybridized carbons (Fsp3) is 0.235. The Morgan fingerprint density at radius 1 is 1.00 bits per heavy atom. The van der Waals surface area contributed by atoms with Crippen molar-refractivity contribution in [2.45, 2.75) is 20.8 Å². The second kappa shape index (κ2) is 6.76. The maximum absolute atomic E-state index is 11.9. The molecule has 0 spiro atoms. The molecule has 0 aliphatic carbocycles. The minimum Gasteiger partial charge on any atom is -0.482 e. The molecule has 110 valence electrons. The van der Waals surface area contributed by atoms with E-state index >= 15 is 0 Å². The number of aryl methyl sites for hydroxylation is 3. The maximum atomic E-state index is 11.9. The van der Waals surface area contributed by atoms with E-state index in [4.69, 9.17) is 9.47 Å². The molecule has 0 atom stereocenters. The van der Waals surface area contributed by atoms with Crippen molar-refractivity contribution < 1.29 is 14.3 Å². The Labute approximate surface area is 133 Å². The van der Waals surface area contributed by atoms with Crippen molar-refractivity contribution in [3.8, 4) is 11.5 Å². The van der Waals surface area contributed by atoms with Gasteiger partial charge in [-0.05, 0) is 71.6 Å². The Bertz CT molecular complexity index is 665. The van der Waals surface area contributed by atoms with Gasteiger partial charge in [0.15, 0.2) is 6.61 Å². The first-order valence-corrected chi connectivity index (χ1v) is 7.42. The molecule has 0 aliphatic heterocycles. The van der Waals surface area contributed by atoms with E-state index < -0.39 is 5.97 Å². The normalized spacial score (nSPS) is 10.3. The first-order valence-electron chi connectivity index (χ1n) is 6.62. The number of benzene rings is 2. The molecule has 0 N–H and O–H groups in total. The zero-order chi connectivity index (χ0) is 15.4. The first kappa shape index (κ1) is 15.6. The van der Waals surface area contributed by atoms with Gasteiger partial charge in [-0.3, -0.25) is 0 Å². The molecular formula is C17H17BrO3. The van der Waals surface area contributed by atoms with Crippen LogP contribution in [0.5, 0.6) is 11.5 Å². The van der Waals surface area contributed by atoms with Crippen LogP contribution in [0.25, 0.3) is 0 Å². The van der Waals surface area contributed by atoms with Crippen molar-refractivity contribution >= 4 is 21.9 Å². The lowest BCUT2D eigenvalue weighted by atomic mass is 10.1. The van der Waals surface area contributed by atoms with Gasteiger partial charge in [0.1, 0.15) is 11.5 Å². The van der Waals surface area contributed by atoms with Crippen LogP contribution in [-0.4, -0.2) is 12.6 Å². The molecule has 21 heavy (non-hydrogen) atoms. The van der Waals surface area contributed by atoms with Gasteiger partial charge in [-0.25, -0.2) is 4.79 Å². The van der Waals surface area contributed by atoms with E-state index in [1.165, 1.54) is 0 Å². The summed E-state index contributed by atoms with van der Waals surface area (Å²) in [6.07, 6.45) is 0. The highest BCUT2D eigenvalue weighted by molar-refractivity contribution is 9.10. The summed E-state index contributed by atoms with van der Waals surface area (Å²) in [5.74, 6) is 0.769. The van der Waals surface area contributed by atoms with Gasteiger partial charge in [0.25, 0.3) is 0 Å². The van der Waals surface area contributed by atoms with Crippen LogP contribution < -0.4 is 9.47 Å². The summed E-state index contributed by atoms with van der Waals surface area (Å²) in [6, 6.07) is 11.4. The van der Waals surface area contributed by atoms with E-state index in [1.54, 1.807) is 6.07 Å². The van der Waals surface area contributed by atoms with Gasteiger partial charge in [0.05, 0.1) is 4.47 Å². The molecule has 2 aromatic rings. The fourth-order valence-corrected chi connectivity index (χ4v) is 2.41. The van der Waals surface area contributed by atoms with Gasteiger partial charge in [-0.2, -0.15) is 0 Å². The lowest BCUT2D eigenvalue weighted by Crippen LogP contribution is -2.18. The van der Waals surface area contributed by atoms with Crippen LogP contribution >= 0.6 is 15.9 Å². The quantitative estimate of drug-likeness (QED) is 0.608. The van der Waals surface area contributed by atoms with Crippen molar-refractivity contribution in [3.63, 3.8) is 0 Å². The number of halogens is 1. The van der Waals surface area contributed by atoms with E-state index in [2.05, 4.69) is 15.9 Å². The van der Waals surface area contributed by atoms with Gasteiger partial charge in [-0.15, -0.1) is 0 Å². The summed E-state index contributed by atoms with van der Waals surface area (Å²) >= 11 is 3.37. The maximum Gasteiger partial charge on any atom is 0.349 e. The third kappa shape index (κ3) is 4.33. The predicted octanol–water partition coefficient (Wildman–Crippen LogP) is 4.36. The van der Waals surface area contributed by atoms with Gasteiger partial charge in [-0.1, -0.05) is 18.2 Å². The first-order chi connectivity index (χ1) is 9.95. The van der Waals surface area contributed by atoms with Crippen LogP contribution in [0.2, 0.25) is 0 Å². The molecule has 0 aliphatic rings. The molecule has 3 nitrogen and oxygen atoms in total. The van der Waals surface area contributed by atoms with Gasteiger partial charge < -0.3 is 9.47 Å². The number of carbonyl (C=O) groups excluding carboxylic acids is 1. The summed E-state index contributed by atoms with van der Waals surface area (Å²) in [6.45, 7) is 5.77. The van der Waals surface area contributed by atoms with Crippen LogP contribution in [0, 0.1) is 20.8 Å². The monoisotopic (exact) mass is 348 g/mol. The summed E-state index contributed by atoms with van der Waals surface area (Å²) < 4.78 is 11.6. The molecule has 0 bridgehead atoms. The molecule has 0 radical (unpaired) electrons. The van der Waals surface area contributed by atoms with Gasteiger partial charge in [0, 0.05) is 0 Å². The topological polar surface area (TPSA) is 35.5 Å². The van der Waals surface area contributed by atoms with Crippen LogP contribution in [-0.2, 0) is 4.79 Å². The second-order valence-electron chi connectivity index (χ2n) is 4.97. The summed E-state index contributed by atoms with van der Waals surface area (Å²) in [5, 5.41) is 0. The van der Waals surface area contributed by atoms with Crippen molar-refractivity contribution in [1.29, 1.82) is 0 Å². The molecule has 4 heteroatoms. The van der Waals surface area contributed by atoms with Crippen LogP contribution in [0.4, 0.5) is 0 Å². The predicted molar refractivity (Wildman–Crippen MR) is 85.9 cm³/mol. The lowest BCUT2D eigenvalue weighted by molar-refractivity contribution is -0.136. The average molecular weight is 349 g/mol. The Morgan fingerprint density at radius 3 is 2.38 bits per heavy atom. The molecule has 0 heterocycles. The molecule has 0 aromatic heterocycles. The Balaban J connectivity index is 1.97. The number of ether oxygens (including phenoxy) is 2. The molecule has 0 saturated heterocycles. The highest BCUT2D eigenvalue weighted by Crippen LogP contribution is 2.26. The minimum atomic E-state index is -0.430. The summed E-state index contributed by atoms with van der Waals surface area (Å²) in [5.41, 5.74) is 3.17. The van der Waals surface area contributed by atoms with E-state index in [9.17, 15) is 4.79 Å². The second-order valence-corrected chi connectivity index (χ2v) is 5.82. The van der Waals surface area contributed by atoms with E-state index in [0.29, 0.717) is 11.5 Å². The zero-order valence-electron chi connectivity index (χ0n) is 12.3. The van der Waals surface area contributed by atoms with Gasteiger partial charge in [0.2, 0.25) is 0 Å². The van der Waals surface area contributed by atoms with E-state index in [-0.39, 0.29) is 6.61 Å². The summed E-state index contributed by atoms with van der Waals surface area (Å²) in [4.78, 5) is 11.9. The highest BCUT2D eigenvalue weighted by Gasteiger charge is 2.10. The molecule has 0 saturated carbocycles. The standard InChI is InChI=1S/C17H17BrO3/c1-11-5-7-15(14(18)8-11)21-17(19)10-20-16-9-12(2)4-6-13(16)3/h4-9H,10H2,1-3H3. The average Bonchev–Trinajstić information content (AvgIpc) is 2.43. The molecule has 2 rings (SSSR count). The molecule has 2 aromatic carbocycles. The number of carbonyl (C=O) groups is 1. The molecule has 0 amide bonds. The number of hydrogen-bond donors (Lipinski definition) is 0. The Hall–Kier alpha value is -1.81. The Morgan fingerprint density at radius 2 is 1.67 bits per heavy atom. The molecule has 0 unspecified atom stereocenters. The van der Waals surface area contributed by atoms with Crippen molar-refractivity contribution in [2.75, 3.05) is 6.61 Å². The smallest absolute Gasteiger partial charge is 0.349 e. The van der Waals surface area contributed by atoms with E-state index in [1.807, 2.05) is 51.1 Å². The van der Waals surface area contributed by atoms with Crippen molar-refractivity contribution in [2.24, 2.45) is 0 Å². The number of hydrogen-bond acceptors (Lipinski definition) is 3. The van der Waals surface area contributed by atoms with Gasteiger partial charge >= 0.3 is 5.97 Å². The molecule has 0 fully saturated rings. The molecular weight excluding hydrogens is 332 g/mol. The number of esters is 1. The number of rotatable bonds is 4. The summed E-state index contributed by atoms with van der Waals surface area (Å²) in [7, 11) is 0. The van der Waals surface area contributed by atoms with Crippen molar-refractivity contribution in [3.05, 3.63) is 57.6 Å². The highest BCUT2D eigenvalue weighted by atomic mass is 79.9. The largest absolute Gasteiger partial charge is 0.482 e. The zero-order valence-corrected chi connectivity index (χ0v) is 13.9. The lowest BCUT2D eigenvalue weighted by Gasteiger charge is -2.10. The van der Waals surface area contributed by atoms with E-state index in [0.717, 1.165) is 21.2 Å². The SMILES string of the molecule is Cc1ccc(OC(=O)COc2cc(C)ccc2C)c(Br)c1.